The summed E-state index contributed by atoms with van der Waals surface area (Å²) in [4.78, 5) is 19.4. The minimum Gasteiger partial charge on any atom is -0.508 e. The van der Waals surface area contributed by atoms with Gasteiger partial charge in [-0.2, -0.15) is 9.97 Å². The molecule has 4 aliphatic heterocycles. The number of methoxy groups -OCH3 is 1. The van der Waals surface area contributed by atoms with Gasteiger partial charge in [0.25, 0.3) is 0 Å². The molecule has 0 radical (unpaired) electrons. The zero-order chi connectivity index (χ0) is 38.2. The number of benzene rings is 2. The molecule has 9 rings (SSSR count). The minimum atomic E-state index is -0.782. The lowest BCUT2D eigenvalue weighted by Gasteiger charge is -2.58. The van der Waals surface area contributed by atoms with Gasteiger partial charge in [0.05, 0.1) is 44.2 Å². The molecule has 4 aromatic rings. The molecule has 2 aromatic heterocycles. The first-order valence-corrected chi connectivity index (χ1v) is 19.8. The first kappa shape index (κ1) is 36.3. The van der Waals surface area contributed by atoms with E-state index in [0.717, 1.165) is 57.9 Å². The summed E-state index contributed by atoms with van der Waals surface area (Å²) >= 11 is 0. The molecule has 5 fully saturated rings. The maximum absolute atomic E-state index is 17.4. The summed E-state index contributed by atoms with van der Waals surface area (Å²) in [5.41, 5.74) is -0.391. The van der Waals surface area contributed by atoms with Gasteiger partial charge in [0.2, 0.25) is 5.88 Å². The number of rotatable bonds is 7. The Labute approximate surface area is 320 Å². The van der Waals surface area contributed by atoms with E-state index in [-0.39, 0.29) is 74.6 Å². The van der Waals surface area contributed by atoms with Crippen molar-refractivity contribution in [1.29, 1.82) is 0 Å². The molecule has 0 amide bonds. The molecule has 2 bridgehead atoms. The number of fused-ring (bicyclic) bond motifs is 5. The van der Waals surface area contributed by atoms with Crippen LogP contribution in [0.25, 0.3) is 32.9 Å². The van der Waals surface area contributed by atoms with Gasteiger partial charge < -0.3 is 29.0 Å². The minimum absolute atomic E-state index is 0.0221. The topological polar surface area (TPSA) is 102 Å². The number of hydrogen-bond acceptors (Lipinski definition) is 10. The average Bonchev–Trinajstić information content (AvgIpc) is 3.70. The van der Waals surface area contributed by atoms with E-state index in [0.29, 0.717) is 54.9 Å². The molecule has 3 unspecified atom stereocenters. The van der Waals surface area contributed by atoms with E-state index in [1.807, 2.05) is 0 Å². The van der Waals surface area contributed by atoms with Crippen molar-refractivity contribution in [3.63, 3.8) is 0 Å². The van der Waals surface area contributed by atoms with Crippen LogP contribution in [-0.4, -0.2) is 94.8 Å². The molecule has 7 atom stereocenters. The number of aromatic nitrogens is 3. The van der Waals surface area contributed by atoms with Gasteiger partial charge >= 0.3 is 6.01 Å². The largest absolute Gasteiger partial charge is 0.508 e. The number of pyridine rings is 1. The van der Waals surface area contributed by atoms with E-state index in [2.05, 4.69) is 41.5 Å². The molecule has 55 heavy (non-hydrogen) atoms. The summed E-state index contributed by atoms with van der Waals surface area (Å²) in [5, 5.41) is 11.8. The Morgan fingerprint density at radius 3 is 2.58 bits per heavy atom. The van der Waals surface area contributed by atoms with Crippen molar-refractivity contribution in [2.75, 3.05) is 44.9 Å². The third-order valence-corrected chi connectivity index (χ3v) is 13.5. The van der Waals surface area contributed by atoms with Gasteiger partial charge in [0, 0.05) is 47.0 Å². The lowest BCUT2D eigenvalue weighted by molar-refractivity contribution is -0.130. The van der Waals surface area contributed by atoms with Crippen molar-refractivity contribution in [2.45, 2.75) is 102 Å². The molecule has 1 N–H and O–H groups in total. The summed E-state index contributed by atoms with van der Waals surface area (Å²) in [7, 11) is 1.46. The quantitative estimate of drug-likeness (QED) is 0.192. The normalized spacial score (nSPS) is 30.8. The number of phenolic OH excluding ortho intramolecular Hbond substituents is 1. The predicted molar refractivity (Wildman–Crippen MR) is 206 cm³/mol. The van der Waals surface area contributed by atoms with Crippen LogP contribution in [0.1, 0.15) is 77.7 Å². The molecule has 4 saturated heterocycles. The van der Waals surface area contributed by atoms with Gasteiger partial charge in [-0.1, -0.05) is 18.4 Å². The summed E-state index contributed by atoms with van der Waals surface area (Å²) in [6, 6.07) is 6.04. The number of phenols is 1. The maximum Gasteiger partial charge on any atom is 0.319 e. The number of terminal acetylenes is 1. The molecular weight excluding hydrogens is 704 g/mol. The Hall–Kier alpha value is -4.31. The fraction of sp³-hybridized carbons (Fsp3) is 0.558. The number of aromatic hydroxyl groups is 1. The third kappa shape index (κ3) is 5.96. The van der Waals surface area contributed by atoms with Crippen LogP contribution in [0.4, 0.5) is 14.6 Å². The highest BCUT2D eigenvalue weighted by Gasteiger charge is 2.58. The Morgan fingerprint density at radius 2 is 1.82 bits per heavy atom. The van der Waals surface area contributed by atoms with Crippen LogP contribution in [0.2, 0.25) is 0 Å². The highest BCUT2D eigenvalue weighted by molar-refractivity contribution is 6.04. The van der Waals surface area contributed by atoms with Crippen molar-refractivity contribution < 1.29 is 32.8 Å². The second-order valence-electron chi connectivity index (χ2n) is 16.8. The lowest BCUT2D eigenvalue weighted by Crippen LogP contribution is -2.64. The van der Waals surface area contributed by atoms with Gasteiger partial charge in [-0.3, -0.25) is 4.90 Å². The van der Waals surface area contributed by atoms with Crippen molar-refractivity contribution in [2.24, 2.45) is 11.3 Å². The number of nitrogens with zero attached hydrogens (tertiary/aromatic N) is 5. The number of likely N-dealkylation sites (tertiary alicyclic amines) is 1. The zero-order valence-corrected chi connectivity index (χ0v) is 32.0. The molecule has 290 valence electrons. The highest BCUT2D eigenvalue weighted by atomic mass is 19.1. The maximum atomic E-state index is 17.4. The fourth-order valence-corrected chi connectivity index (χ4v) is 11.0. The van der Waals surface area contributed by atoms with Crippen molar-refractivity contribution in [3.05, 3.63) is 41.5 Å². The van der Waals surface area contributed by atoms with Gasteiger partial charge in [0.1, 0.15) is 34.0 Å². The van der Waals surface area contributed by atoms with Crippen LogP contribution < -0.4 is 14.4 Å². The monoisotopic (exact) mass is 753 g/mol. The highest BCUT2D eigenvalue weighted by Crippen LogP contribution is 2.57. The second kappa shape index (κ2) is 13.7. The van der Waals surface area contributed by atoms with Crippen molar-refractivity contribution in [1.82, 2.24) is 19.9 Å². The molecule has 1 saturated carbocycles. The Morgan fingerprint density at radius 1 is 1.02 bits per heavy atom. The summed E-state index contributed by atoms with van der Waals surface area (Å²) < 4.78 is 57.3. The van der Waals surface area contributed by atoms with Gasteiger partial charge in [-0.15, -0.1) is 6.42 Å². The standard InChI is InChI=1S/C43H49F2N5O5/c1-6-31-33(44)10-9-27-18-29(51)19-32(34(27)31)37-36(45)38-35(40(46-37)52-5)39(49-20-26-17-30(21-49)53-22-26)48-41(47-38)54-23-43-12-7-11-42(43,4)50(14-8-13-43)28-15-24(2)55-25(3)16-28/h1,9-10,18-19,24-26,28,30,51H,7-8,11-17,20-23H2,2-5H3/t24-,25+,26?,28?,30?,42-,43-/m1/s1. The number of hydrogen-bond donors (Lipinski definition) is 1. The summed E-state index contributed by atoms with van der Waals surface area (Å²) in [6.45, 7) is 10.1. The number of ether oxygens (including phenoxy) is 4. The second-order valence-corrected chi connectivity index (χ2v) is 16.8. The molecule has 10 nitrogen and oxygen atoms in total. The average molecular weight is 754 g/mol. The third-order valence-electron chi connectivity index (χ3n) is 13.5. The van der Waals surface area contributed by atoms with Gasteiger partial charge in [-0.05, 0) is 95.8 Å². The predicted octanol–water partition coefficient (Wildman–Crippen LogP) is 7.40. The Kier molecular flexibility index (Phi) is 9.06. The van der Waals surface area contributed by atoms with E-state index in [9.17, 15) is 5.11 Å². The van der Waals surface area contributed by atoms with Gasteiger partial charge in [-0.25, -0.2) is 13.8 Å². The lowest BCUT2D eigenvalue weighted by atomic mass is 9.66. The van der Waals surface area contributed by atoms with Crippen LogP contribution in [-0.2, 0) is 9.47 Å². The molecule has 12 heteroatoms. The SMILES string of the molecule is C#Cc1c(F)ccc2cc(O)cc(-c3nc(OC)c4c(N5CC6COC(C6)C5)nc(OC[C@@]56CCCN(C7C[C@@H](C)O[C@@H](C)C7)[C@]5(C)CCC6)nc4c3F)c12. The van der Waals surface area contributed by atoms with Crippen molar-refractivity contribution >= 4 is 27.5 Å². The molecule has 5 aliphatic rings. The molecular formula is C43H49F2N5O5. The number of anilines is 1. The van der Waals surface area contributed by atoms with Crippen molar-refractivity contribution in [3.8, 4) is 41.2 Å². The molecule has 1 aliphatic carbocycles. The fourth-order valence-electron chi connectivity index (χ4n) is 11.0. The van der Waals surface area contributed by atoms with Crippen LogP contribution in [0.3, 0.4) is 0 Å². The van der Waals surface area contributed by atoms with Crippen LogP contribution in [0.5, 0.6) is 17.6 Å². The van der Waals surface area contributed by atoms with Crippen LogP contribution in [0.15, 0.2) is 24.3 Å². The summed E-state index contributed by atoms with van der Waals surface area (Å²) in [5.74, 6) is 1.69. The molecule has 0 spiro atoms. The summed E-state index contributed by atoms with van der Waals surface area (Å²) in [6.07, 6.45) is 14.5. The first-order chi connectivity index (χ1) is 26.5. The smallest absolute Gasteiger partial charge is 0.319 e. The van der Waals surface area contributed by atoms with E-state index in [1.54, 1.807) is 0 Å². The van der Waals surface area contributed by atoms with E-state index in [1.165, 1.54) is 31.4 Å². The Balaban J connectivity index is 1.17. The number of halogens is 2. The van der Waals surface area contributed by atoms with Gasteiger partial charge in [0.15, 0.2) is 5.82 Å². The van der Waals surface area contributed by atoms with E-state index in [4.69, 9.17) is 35.3 Å². The zero-order valence-electron chi connectivity index (χ0n) is 32.0. The number of piperidine rings is 2. The van der Waals surface area contributed by atoms with Crippen LogP contribution >= 0.6 is 0 Å². The molecule has 6 heterocycles. The first-order valence-electron chi connectivity index (χ1n) is 19.8. The molecule has 2 aromatic carbocycles. The van der Waals surface area contributed by atoms with E-state index >= 15 is 8.78 Å². The van der Waals surface area contributed by atoms with Crippen LogP contribution in [0, 0.1) is 35.3 Å². The van der Waals surface area contributed by atoms with E-state index < -0.39 is 11.6 Å². The Bertz CT molecular complexity index is 2190.